The Morgan fingerprint density at radius 2 is 1.56 bits per heavy atom. The van der Waals surface area contributed by atoms with Crippen molar-refractivity contribution in [2.24, 2.45) is 5.10 Å². The molecule has 1 N–H and O–H groups in total. The molecular formula is C27H28N2O7. The number of nitrogens with zero attached hydrogens (tertiary/aromatic N) is 1. The second-order valence-corrected chi connectivity index (χ2v) is 7.22. The van der Waals surface area contributed by atoms with Gasteiger partial charge in [0.1, 0.15) is 5.75 Å². The van der Waals surface area contributed by atoms with Crippen molar-refractivity contribution in [3.05, 3.63) is 77.9 Å². The van der Waals surface area contributed by atoms with Gasteiger partial charge in [-0.25, -0.2) is 10.2 Å². The molecule has 0 atom stereocenters. The maximum atomic E-state index is 12.6. The summed E-state index contributed by atoms with van der Waals surface area (Å²) in [5, 5.41) is 3.95. The zero-order valence-electron chi connectivity index (χ0n) is 20.4. The zero-order valence-corrected chi connectivity index (χ0v) is 20.4. The number of amides is 1. The summed E-state index contributed by atoms with van der Waals surface area (Å²) in [6.07, 6.45) is 1.45. The second kappa shape index (κ2) is 13.4. The highest BCUT2D eigenvalue weighted by atomic mass is 16.6. The molecule has 0 fully saturated rings. The fourth-order valence-corrected chi connectivity index (χ4v) is 3.06. The summed E-state index contributed by atoms with van der Waals surface area (Å²) in [5.74, 6) is 1.32. The van der Waals surface area contributed by atoms with E-state index in [1.807, 2.05) is 13.8 Å². The van der Waals surface area contributed by atoms with Crippen LogP contribution in [-0.2, 0) is 4.79 Å². The van der Waals surface area contributed by atoms with Crippen LogP contribution in [0.4, 0.5) is 0 Å². The SMILES string of the molecule is CCOc1ccc(C(=O)Oc2ccc(/C=N/NC(=O)COc3ccccc3OC)cc2OCC)cc1. The number of carbonyl (C=O) groups is 2. The highest BCUT2D eigenvalue weighted by Crippen LogP contribution is 2.29. The lowest BCUT2D eigenvalue weighted by Crippen LogP contribution is -2.24. The number of para-hydroxylation sites is 2. The van der Waals surface area contributed by atoms with E-state index in [1.165, 1.54) is 13.3 Å². The number of hydrazone groups is 1. The fourth-order valence-electron chi connectivity index (χ4n) is 3.06. The predicted molar refractivity (Wildman–Crippen MR) is 134 cm³/mol. The molecule has 0 unspecified atom stereocenters. The average molecular weight is 493 g/mol. The van der Waals surface area contributed by atoms with Gasteiger partial charge in [-0.3, -0.25) is 4.79 Å². The molecule has 188 valence electrons. The van der Waals surface area contributed by atoms with Gasteiger partial charge in [-0.1, -0.05) is 12.1 Å². The van der Waals surface area contributed by atoms with E-state index < -0.39 is 11.9 Å². The molecule has 0 saturated carbocycles. The maximum absolute atomic E-state index is 12.6. The van der Waals surface area contributed by atoms with Crippen LogP contribution in [0.15, 0.2) is 71.8 Å². The Kier molecular flexibility index (Phi) is 9.69. The summed E-state index contributed by atoms with van der Waals surface area (Å²) in [7, 11) is 1.52. The van der Waals surface area contributed by atoms with E-state index in [9.17, 15) is 9.59 Å². The summed E-state index contributed by atoms with van der Waals surface area (Å²) in [6, 6.07) is 18.7. The molecule has 9 nitrogen and oxygen atoms in total. The molecule has 0 radical (unpaired) electrons. The van der Waals surface area contributed by atoms with Gasteiger partial charge >= 0.3 is 5.97 Å². The molecule has 0 aliphatic carbocycles. The van der Waals surface area contributed by atoms with Crippen molar-refractivity contribution in [2.45, 2.75) is 13.8 Å². The van der Waals surface area contributed by atoms with Gasteiger partial charge in [-0.2, -0.15) is 5.10 Å². The molecule has 36 heavy (non-hydrogen) atoms. The van der Waals surface area contributed by atoms with E-state index >= 15 is 0 Å². The third kappa shape index (κ3) is 7.49. The van der Waals surface area contributed by atoms with Crippen molar-refractivity contribution >= 4 is 18.1 Å². The van der Waals surface area contributed by atoms with Gasteiger partial charge < -0.3 is 23.7 Å². The van der Waals surface area contributed by atoms with E-state index in [-0.39, 0.29) is 12.4 Å². The lowest BCUT2D eigenvalue weighted by molar-refractivity contribution is -0.123. The van der Waals surface area contributed by atoms with Crippen LogP contribution in [0, 0.1) is 0 Å². The van der Waals surface area contributed by atoms with Gasteiger partial charge in [-0.15, -0.1) is 0 Å². The Hall–Kier alpha value is -4.53. The predicted octanol–water partition coefficient (Wildman–Crippen LogP) is 4.24. The van der Waals surface area contributed by atoms with Crippen LogP contribution in [0.25, 0.3) is 0 Å². The molecule has 3 aromatic rings. The number of hydrogen-bond donors (Lipinski definition) is 1. The Labute approximate surface area is 209 Å². The van der Waals surface area contributed by atoms with Crippen molar-refractivity contribution in [3.63, 3.8) is 0 Å². The molecule has 0 saturated heterocycles. The Morgan fingerprint density at radius 3 is 2.25 bits per heavy atom. The lowest BCUT2D eigenvalue weighted by atomic mass is 10.2. The quantitative estimate of drug-likeness (QED) is 0.175. The zero-order chi connectivity index (χ0) is 25.8. The first-order valence-electron chi connectivity index (χ1n) is 11.3. The summed E-state index contributed by atoms with van der Waals surface area (Å²) in [6.45, 7) is 4.38. The number of benzene rings is 3. The van der Waals surface area contributed by atoms with Gasteiger partial charge in [0.15, 0.2) is 29.6 Å². The molecule has 0 aliphatic heterocycles. The molecule has 0 heterocycles. The number of esters is 1. The minimum atomic E-state index is -0.525. The molecule has 0 spiro atoms. The van der Waals surface area contributed by atoms with Crippen LogP contribution in [0.2, 0.25) is 0 Å². The first-order valence-corrected chi connectivity index (χ1v) is 11.3. The molecule has 0 bridgehead atoms. The van der Waals surface area contributed by atoms with Crippen molar-refractivity contribution in [1.82, 2.24) is 5.43 Å². The smallest absolute Gasteiger partial charge is 0.343 e. The molecule has 0 aliphatic rings. The van der Waals surface area contributed by atoms with E-state index in [1.54, 1.807) is 66.7 Å². The number of ether oxygens (including phenoxy) is 5. The highest BCUT2D eigenvalue weighted by Gasteiger charge is 2.14. The van der Waals surface area contributed by atoms with E-state index in [0.717, 1.165) is 0 Å². The van der Waals surface area contributed by atoms with Gasteiger partial charge in [0.05, 0.1) is 32.1 Å². The molecule has 3 rings (SSSR count). The number of hydrogen-bond acceptors (Lipinski definition) is 8. The summed E-state index contributed by atoms with van der Waals surface area (Å²) < 4.78 is 27.2. The minimum absolute atomic E-state index is 0.234. The Bertz CT molecular complexity index is 1190. The van der Waals surface area contributed by atoms with Crippen molar-refractivity contribution in [1.29, 1.82) is 0 Å². The fraction of sp³-hybridized carbons (Fsp3) is 0.222. The second-order valence-electron chi connectivity index (χ2n) is 7.22. The number of nitrogens with one attached hydrogen (secondary N) is 1. The number of methoxy groups -OCH3 is 1. The first kappa shape index (κ1) is 26.1. The van der Waals surface area contributed by atoms with Crippen LogP contribution in [0.1, 0.15) is 29.8 Å². The summed E-state index contributed by atoms with van der Waals surface area (Å²) in [5.41, 5.74) is 3.41. The first-order chi connectivity index (χ1) is 17.5. The highest BCUT2D eigenvalue weighted by molar-refractivity contribution is 5.92. The van der Waals surface area contributed by atoms with Crippen LogP contribution in [-0.4, -0.2) is 45.0 Å². The minimum Gasteiger partial charge on any atom is -0.494 e. The average Bonchev–Trinajstić information content (AvgIpc) is 2.89. The van der Waals surface area contributed by atoms with E-state index in [4.69, 9.17) is 23.7 Å². The van der Waals surface area contributed by atoms with Crippen LogP contribution < -0.4 is 29.1 Å². The Morgan fingerprint density at radius 1 is 0.833 bits per heavy atom. The summed E-state index contributed by atoms with van der Waals surface area (Å²) in [4.78, 5) is 24.6. The third-order valence-electron chi connectivity index (χ3n) is 4.70. The monoisotopic (exact) mass is 492 g/mol. The molecule has 1 amide bonds. The third-order valence-corrected chi connectivity index (χ3v) is 4.70. The van der Waals surface area contributed by atoms with Gasteiger partial charge in [0.25, 0.3) is 5.91 Å². The normalized spacial score (nSPS) is 10.5. The molecule has 0 aromatic heterocycles. The van der Waals surface area contributed by atoms with E-state index in [2.05, 4.69) is 10.5 Å². The van der Waals surface area contributed by atoms with Gasteiger partial charge in [-0.05, 0) is 74.0 Å². The topological polar surface area (TPSA) is 105 Å². The molecule has 9 heteroatoms. The van der Waals surface area contributed by atoms with Crippen LogP contribution in [0.5, 0.6) is 28.7 Å². The standard InChI is InChI=1S/C27H28N2O7/c1-4-33-21-13-11-20(12-14-21)27(31)36-24-15-10-19(16-25(24)34-5-2)17-28-29-26(30)18-35-23-9-7-6-8-22(23)32-3/h6-17H,4-5,18H2,1-3H3,(H,29,30)/b28-17+. The van der Waals surface area contributed by atoms with E-state index in [0.29, 0.717) is 47.3 Å². The number of rotatable bonds is 12. The molecular weight excluding hydrogens is 464 g/mol. The van der Waals surface area contributed by atoms with Crippen molar-refractivity contribution in [3.8, 4) is 28.7 Å². The van der Waals surface area contributed by atoms with Crippen molar-refractivity contribution in [2.75, 3.05) is 26.9 Å². The largest absolute Gasteiger partial charge is 0.494 e. The number of carbonyl (C=O) groups excluding carboxylic acids is 2. The van der Waals surface area contributed by atoms with Crippen LogP contribution >= 0.6 is 0 Å². The lowest BCUT2D eigenvalue weighted by Gasteiger charge is -2.12. The maximum Gasteiger partial charge on any atom is 0.343 e. The van der Waals surface area contributed by atoms with Crippen LogP contribution in [0.3, 0.4) is 0 Å². The molecule has 3 aromatic carbocycles. The Balaban J connectivity index is 1.59. The summed E-state index contributed by atoms with van der Waals surface area (Å²) >= 11 is 0. The van der Waals surface area contributed by atoms with Gasteiger partial charge in [0.2, 0.25) is 0 Å². The van der Waals surface area contributed by atoms with Gasteiger partial charge in [0, 0.05) is 0 Å². The van der Waals surface area contributed by atoms with Crippen molar-refractivity contribution < 1.29 is 33.3 Å².